The highest BCUT2D eigenvalue weighted by Gasteiger charge is 2.03. The van der Waals surface area contributed by atoms with Crippen LogP contribution in [0.5, 0.6) is 0 Å². The first-order valence-electron chi connectivity index (χ1n) is 4.10. The van der Waals surface area contributed by atoms with Crippen molar-refractivity contribution in [2.75, 3.05) is 26.7 Å². The molecule has 0 unspecified atom stereocenters. The number of hydrogen-bond acceptors (Lipinski definition) is 0. The fourth-order valence-electron chi connectivity index (χ4n) is 0. The van der Waals surface area contributed by atoms with Gasteiger partial charge in [0.1, 0.15) is 0 Å². The quantitative estimate of drug-likeness (QED) is 0.377. The van der Waals surface area contributed by atoms with Crippen molar-refractivity contribution in [3.05, 3.63) is 0 Å². The van der Waals surface area contributed by atoms with E-state index in [1.807, 2.05) is 0 Å². The second-order valence-corrected chi connectivity index (χ2v) is 11.5. The normalized spacial score (nSPS) is 12.0. The molecular formula is C8H24BP. The predicted molar refractivity (Wildman–Crippen MR) is 59.8 cm³/mol. The maximum Gasteiger partial charge on any atom is 0.0481 e. The van der Waals surface area contributed by atoms with E-state index in [0.717, 1.165) is 0 Å². The summed E-state index contributed by atoms with van der Waals surface area (Å²) in [5, 5.41) is 0. The van der Waals surface area contributed by atoms with E-state index in [1.54, 1.807) is 0 Å². The summed E-state index contributed by atoms with van der Waals surface area (Å²) in [5.41, 5.74) is 0. The van der Waals surface area contributed by atoms with Crippen molar-refractivity contribution in [3.63, 3.8) is 0 Å². The van der Waals surface area contributed by atoms with E-state index >= 15 is 0 Å². The Kier molecular flexibility index (Phi) is 5.75. The molecule has 0 bridgehead atoms. The van der Waals surface area contributed by atoms with Gasteiger partial charge in [0.05, 0.1) is 0 Å². The molecule has 0 rings (SSSR count). The maximum absolute atomic E-state index is 2.30. The van der Waals surface area contributed by atoms with Gasteiger partial charge < -0.3 is 0 Å². The summed E-state index contributed by atoms with van der Waals surface area (Å²) in [6.07, 6.45) is 0. The van der Waals surface area contributed by atoms with Gasteiger partial charge in [0, 0.05) is 33.9 Å². The van der Waals surface area contributed by atoms with Crippen LogP contribution in [0.4, 0.5) is 0 Å². The van der Waals surface area contributed by atoms with Crippen LogP contribution in [-0.2, 0) is 0 Å². The molecule has 2 heteroatoms. The first-order valence-corrected chi connectivity index (χ1v) is 7.68. The summed E-state index contributed by atoms with van der Waals surface area (Å²) in [5.74, 6) is 0. The summed E-state index contributed by atoms with van der Waals surface area (Å²) in [6, 6.07) is 0. The molecule has 10 heavy (non-hydrogen) atoms. The minimum absolute atomic E-state index is 0. The van der Waals surface area contributed by atoms with Crippen molar-refractivity contribution >= 4 is 13.4 Å². The van der Waals surface area contributed by atoms with Crippen molar-refractivity contribution in [1.82, 2.24) is 0 Å². The zero-order valence-electron chi connectivity index (χ0n) is 9.02. The van der Waals surface area contributed by atoms with E-state index in [4.69, 9.17) is 0 Å². The van der Waals surface area contributed by atoms with Crippen molar-refractivity contribution in [2.24, 2.45) is 0 Å². The van der Waals surface area contributed by atoms with Crippen LogP contribution < -0.4 is 0 Å². The van der Waals surface area contributed by atoms with Gasteiger partial charge in [0.2, 0.25) is 0 Å². The molecular weight excluding hydrogens is 138 g/mol. The summed E-state index contributed by atoms with van der Waals surface area (Å²) < 4.78 is 0. The minimum atomic E-state index is -0.389. The van der Waals surface area contributed by atoms with Gasteiger partial charge in [0.25, 0.3) is 0 Å². The van der Waals surface area contributed by atoms with Crippen LogP contribution in [0.25, 0.3) is 0 Å². The summed E-state index contributed by atoms with van der Waals surface area (Å²) >= 11 is 0. The molecule has 0 fully saturated rings. The van der Waals surface area contributed by atoms with Gasteiger partial charge in [-0.3, -0.25) is 0 Å². The Hall–Kier alpha value is 0.495. The Morgan fingerprint density at radius 2 is 0.700 bits per heavy atom. The van der Waals surface area contributed by atoms with Gasteiger partial charge in [0.15, 0.2) is 0 Å². The monoisotopic (exact) mass is 162 g/mol. The first kappa shape index (κ1) is 13.1. The Labute approximate surface area is 68.0 Å². The van der Waals surface area contributed by atoms with Gasteiger partial charge >= 0.3 is 0 Å². The molecule has 0 atom stereocenters. The summed E-state index contributed by atoms with van der Waals surface area (Å²) in [6.45, 7) is 18.2. The zero-order chi connectivity index (χ0) is 9.00. The molecule has 0 aromatic rings. The average Bonchev–Trinajstić information content (AvgIpc) is 1.12. The lowest BCUT2D eigenvalue weighted by molar-refractivity contribution is 1.71. The van der Waals surface area contributed by atoms with Gasteiger partial charge in [-0.25, -0.2) is 0 Å². The van der Waals surface area contributed by atoms with Gasteiger partial charge in [-0.2, -0.15) is 27.3 Å². The van der Waals surface area contributed by atoms with Crippen LogP contribution in [0.1, 0.15) is 0 Å². The third kappa shape index (κ3) is 1950. The van der Waals surface area contributed by atoms with Gasteiger partial charge in [-0.1, -0.05) is 0 Å². The molecule has 0 aromatic carbocycles. The Bertz CT molecular complexity index is 52.2. The molecule has 64 valence electrons. The average molecular weight is 162 g/mol. The first-order chi connectivity index (χ1) is 4.00. The molecule has 0 heterocycles. The molecule has 0 aromatic heterocycles. The third-order valence-electron chi connectivity index (χ3n) is 0. The van der Waals surface area contributed by atoms with E-state index in [1.165, 1.54) is 0 Å². The third-order valence-corrected chi connectivity index (χ3v) is 0. The smallest absolute Gasteiger partial charge is 0.0481 e. The Morgan fingerprint density at radius 1 is 0.700 bits per heavy atom. The topological polar surface area (TPSA) is 0 Å². The van der Waals surface area contributed by atoms with Crippen LogP contribution in [0.2, 0.25) is 27.3 Å². The SMILES string of the molecule is C[B-](C)(C)C.C[P+](C)(C)C. The Morgan fingerprint density at radius 3 is 0.700 bits per heavy atom. The largest absolute Gasteiger partial charge is 0.191 e. The molecule has 0 saturated carbocycles. The van der Waals surface area contributed by atoms with Gasteiger partial charge in [-0.05, 0) is 6.15 Å². The lowest BCUT2D eigenvalue weighted by Crippen LogP contribution is -2.10. The molecule has 0 spiro atoms. The standard InChI is InChI=1S/C4H12B.C4H12P/c2*1-5(2,3)4/h2*1-4H3/q-1;+1. The van der Waals surface area contributed by atoms with E-state index in [9.17, 15) is 0 Å². The van der Waals surface area contributed by atoms with Crippen molar-refractivity contribution in [3.8, 4) is 0 Å². The second kappa shape index (κ2) is 4.39. The van der Waals surface area contributed by atoms with E-state index in [-0.39, 0.29) is 13.4 Å². The van der Waals surface area contributed by atoms with Crippen molar-refractivity contribution in [2.45, 2.75) is 27.3 Å². The molecule has 0 amide bonds. The molecule has 0 aliphatic carbocycles. The molecule has 0 saturated heterocycles. The molecule has 0 N–H and O–H groups in total. The maximum atomic E-state index is 2.30. The predicted octanol–water partition coefficient (Wildman–Crippen LogP) is 3.48. The lowest BCUT2D eigenvalue weighted by atomic mass is 9.32. The molecule has 0 radical (unpaired) electrons. The highest BCUT2D eigenvalue weighted by Crippen LogP contribution is 2.40. The minimum Gasteiger partial charge on any atom is -0.191 e. The van der Waals surface area contributed by atoms with Crippen LogP contribution >= 0.6 is 7.26 Å². The van der Waals surface area contributed by atoms with Crippen molar-refractivity contribution < 1.29 is 0 Å². The highest BCUT2D eigenvalue weighted by molar-refractivity contribution is 7.73. The summed E-state index contributed by atoms with van der Waals surface area (Å²) in [4.78, 5) is 0. The van der Waals surface area contributed by atoms with Crippen LogP contribution in [0.3, 0.4) is 0 Å². The summed E-state index contributed by atoms with van der Waals surface area (Å²) in [7, 11) is -0.389. The fourth-order valence-corrected chi connectivity index (χ4v) is 0. The van der Waals surface area contributed by atoms with Crippen LogP contribution in [0, 0.1) is 0 Å². The molecule has 0 aliphatic heterocycles. The van der Waals surface area contributed by atoms with Gasteiger partial charge in [-0.15, -0.1) is 0 Å². The van der Waals surface area contributed by atoms with E-state index in [2.05, 4.69) is 54.0 Å². The van der Waals surface area contributed by atoms with E-state index in [0.29, 0.717) is 0 Å². The Balaban J connectivity index is 0. The zero-order valence-corrected chi connectivity index (χ0v) is 9.92. The number of hydrogen-bond donors (Lipinski definition) is 0. The molecule has 0 nitrogen and oxygen atoms in total. The van der Waals surface area contributed by atoms with E-state index < -0.39 is 0 Å². The fraction of sp³-hybridized carbons (Fsp3) is 1.00. The lowest BCUT2D eigenvalue weighted by Gasteiger charge is -2.10. The van der Waals surface area contributed by atoms with Crippen LogP contribution in [-0.4, -0.2) is 32.8 Å². The molecule has 0 aliphatic rings. The second-order valence-electron chi connectivity index (χ2n) is 6.15. The van der Waals surface area contributed by atoms with Crippen molar-refractivity contribution in [1.29, 1.82) is 0 Å². The van der Waals surface area contributed by atoms with Crippen LogP contribution in [0.15, 0.2) is 0 Å². The number of rotatable bonds is 0. The highest BCUT2D eigenvalue weighted by atomic mass is 31.2.